The summed E-state index contributed by atoms with van der Waals surface area (Å²) < 4.78 is 45.9. The van der Waals surface area contributed by atoms with Crippen molar-refractivity contribution in [3.05, 3.63) is 63.7 Å². The van der Waals surface area contributed by atoms with Gasteiger partial charge in [0.1, 0.15) is 11.7 Å². The molecule has 0 spiro atoms. The van der Waals surface area contributed by atoms with Crippen LogP contribution in [0.15, 0.2) is 42.5 Å². The van der Waals surface area contributed by atoms with E-state index in [9.17, 15) is 28.1 Å². The molecule has 38 heavy (non-hydrogen) atoms. The Balaban J connectivity index is 1.23. The van der Waals surface area contributed by atoms with Gasteiger partial charge in [0.2, 0.25) is 0 Å². The van der Waals surface area contributed by atoms with Crippen LogP contribution in [0.5, 0.6) is 0 Å². The van der Waals surface area contributed by atoms with E-state index in [2.05, 4.69) is 41.4 Å². The molecule has 1 amide bonds. The molecule has 1 atom stereocenters. The molecule has 0 radical (unpaired) electrons. The summed E-state index contributed by atoms with van der Waals surface area (Å²) in [4.78, 5) is 27.0. The van der Waals surface area contributed by atoms with Crippen molar-refractivity contribution in [2.24, 2.45) is 0 Å². The van der Waals surface area contributed by atoms with Crippen molar-refractivity contribution in [3.63, 3.8) is 0 Å². The molecule has 11 heteroatoms. The second-order valence-electron chi connectivity index (χ2n) is 10.0. The second-order valence-corrected chi connectivity index (χ2v) is 10.0. The van der Waals surface area contributed by atoms with E-state index in [1.54, 1.807) is 6.92 Å². The van der Waals surface area contributed by atoms with Crippen LogP contribution in [0.1, 0.15) is 43.7 Å². The maximum Gasteiger partial charge on any atom is 0.423 e. The van der Waals surface area contributed by atoms with Crippen molar-refractivity contribution in [1.82, 2.24) is 4.90 Å². The molecule has 1 aliphatic carbocycles. The van der Waals surface area contributed by atoms with E-state index in [0.29, 0.717) is 38.8 Å². The van der Waals surface area contributed by atoms with Gasteiger partial charge in [-0.25, -0.2) is 0 Å². The fourth-order valence-electron chi connectivity index (χ4n) is 5.14. The number of halogens is 3. The Morgan fingerprint density at radius 1 is 1.05 bits per heavy atom. The normalized spacial score (nSPS) is 21.2. The monoisotopic (exact) mass is 534 g/mol. The molecule has 206 valence electrons. The fraction of sp³-hybridized carbons (Fsp3) is 0.519. The van der Waals surface area contributed by atoms with E-state index < -0.39 is 28.5 Å². The van der Waals surface area contributed by atoms with Crippen LogP contribution in [0.2, 0.25) is 0 Å². The summed E-state index contributed by atoms with van der Waals surface area (Å²) in [6.45, 7) is 6.61. The van der Waals surface area contributed by atoms with Crippen LogP contribution in [0, 0.1) is 17.0 Å². The second kappa shape index (κ2) is 11.6. The standard InChI is InChI=1S/C27H33F3N4O4/c1-18-3-8-22(9-4-18)32-13-15-33(16-14-32)26(35)19(2)38-23-10-5-20(6-11-23)31-21-7-12-25(34(36)37)24(17-21)27(28,29)30/h3-4,7-9,12,17,19-20,23,31H,5-6,10-11,13-16H2,1-2H3. The van der Waals surface area contributed by atoms with Crippen molar-refractivity contribution in [2.45, 2.75) is 64.0 Å². The van der Waals surface area contributed by atoms with Gasteiger partial charge in [-0.15, -0.1) is 0 Å². The topological polar surface area (TPSA) is 88.0 Å². The summed E-state index contributed by atoms with van der Waals surface area (Å²) >= 11 is 0. The number of carbonyl (C=O) groups excluding carboxylic acids is 1. The number of nitrogens with zero attached hydrogens (tertiary/aromatic N) is 3. The number of ether oxygens (including phenoxy) is 1. The smallest absolute Gasteiger partial charge is 0.382 e. The number of benzene rings is 2. The first kappa shape index (κ1) is 27.7. The summed E-state index contributed by atoms with van der Waals surface area (Å²) in [5, 5.41) is 14.0. The number of nitrogens with one attached hydrogen (secondary N) is 1. The number of alkyl halides is 3. The number of anilines is 2. The number of rotatable bonds is 7. The average molecular weight is 535 g/mol. The number of hydrogen-bond donors (Lipinski definition) is 1. The number of nitro groups is 1. The van der Waals surface area contributed by atoms with Crippen LogP contribution in [0.25, 0.3) is 0 Å². The summed E-state index contributed by atoms with van der Waals surface area (Å²) in [5.41, 5.74) is 0.327. The SMILES string of the molecule is Cc1ccc(N2CCN(C(=O)C(C)OC3CCC(Nc4ccc([N+](=O)[O-])c(C(F)(F)F)c4)CC3)CC2)cc1. The number of nitro benzene ring substituents is 1. The van der Waals surface area contributed by atoms with Gasteiger partial charge in [0.15, 0.2) is 0 Å². The highest BCUT2D eigenvalue weighted by Gasteiger charge is 2.38. The summed E-state index contributed by atoms with van der Waals surface area (Å²) in [7, 11) is 0. The Morgan fingerprint density at radius 2 is 1.68 bits per heavy atom. The van der Waals surface area contributed by atoms with Crippen molar-refractivity contribution in [3.8, 4) is 0 Å². The zero-order valence-electron chi connectivity index (χ0n) is 21.5. The molecule has 0 aromatic heterocycles. The molecule has 1 aliphatic heterocycles. The minimum absolute atomic E-state index is 0.0284. The molecule has 2 fully saturated rings. The predicted octanol–water partition coefficient (Wildman–Crippen LogP) is 5.40. The van der Waals surface area contributed by atoms with Crippen LogP contribution >= 0.6 is 0 Å². The number of amides is 1. The van der Waals surface area contributed by atoms with Crippen LogP contribution in [0.3, 0.4) is 0 Å². The van der Waals surface area contributed by atoms with Crippen LogP contribution in [-0.4, -0.2) is 60.2 Å². The molecule has 2 aliphatic rings. The van der Waals surface area contributed by atoms with Crippen LogP contribution < -0.4 is 10.2 Å². The third kappa shape index (κ3) is 6.75. The summed E-state index contributed by atoms with van der Waals surface area (Å²) in [6, 6.07) is 11.3. The van der Waals surface area contributed by atoms with E-state index in [0.717, 1.165) is 30.9 Å². The maximum atomic E-state index is 13.3. The molecule has 1 saturated carbocycles. The first-order chi connectivity index (χ1) is 18.0. The highest BCUT2D eigenvalue weighted by molar-refractivity contribution is 5.80. The highest BCUT2D eigenvalue weighted by Crippen LogP contribution is 2.38. The predicted molar refractivity (Wildman–Crippen MR) is 138 cm³/mol. The first-order valence-electron chi connectivity index (χ1n) is 12.9. The molecule has 1 unspecified atom stereocenters. The van der Waals surface area contributed by atoms with Gasteiger partial charge in [-0.3, -0.25) is 14.9 Å². The molecule has 1 heterocycles. The molecule has 1 saturated heterocycles. The molecule has 8 nitrogen and oxygen atoms in total. The summed E-state index contributed by atoms with van der Waals surface area (Å²) in [5.74, 6) is -0.0284. The van der Waals surface area contributed by atoms with Gasteiger partial charge in [-0.1, -0.05) is 17.7 Å². The van der Waals surface area contributed by atoms with Gasteiger partial charge in [-0.2, -0.15) is 13.2 Å². The Morgan fingerprint density at radius 3 is 2.26 bits per heavy atom. The van der Waals surface area contributed by atoms with E-state index >= 15 is 0 Å². The van der Waals surface area contributed by atoms with Crippen LogP contribution in [0.4, 0.5) is 30.2 Å². The lowest BCUT2D eigenvalue weighted by atomic mass is 9.92. The quantitative estimate of drug-likeness (QED) is 0.378. The van der Waals surface area contributed by atoms with Crippen molar-refractivity contribution in [1.29, 1.82) is 0 Å². The minimum Gasteiger partial charge on any atom is -0.382 e. The number of carbonyl (C=O) groups is 1. The molecule has 2 aromatic rings. The van der Waals surface area contributed by atoms with Crippen molar-refractivity contribution < 1.29 is 27.6 Å². The zero-order chi connectivity index (χ0) is 27.4. The molecule has 1 N–H and O–H groups in total. The van der Waals surface area contributed by atoms with Gasteiger partial charge in [0.25, 0.3) is 11.6 Å². The Bertz CT molecular complexity index is 1130. The fourth-order valence-corrected chi connectivity index (χ4v) is 5.14. The molecule has 0 bridgehead atoms. The van der Waals surface area contributed by atoms with E-state index in [1.807, 2.05) is 4.90 Å². The third-order valence-corrected chi connectivity index (χ3v) is 7.28. The largest absolute Gasteiger partial charge is 0.423 e. The van der Waals surface area contributed by atoms with Crippen molar-refractivity contribution >= 4 is 23.0 Å². The van der Waals surface area contributed by atoms with E-state index in [4.69, 9.17) is 4.74 Å². The maximum absolute atomic E-state index is 13.3. The van der Waals surface area contributed by atoms with Gasteiger partial charge in [0, 0.05) is 49.7 Å². The molecule has 2 aromatic carbocycles. The zero-order valence-corrected chi connectivity index (χ0v) is 21.5. The lowest BCUT2D eigenvalue weighted by Crippen LogP contribution is -2.52. The number of hydrogen-bond acceptors (Lipinski definition) is 6. The molecular formula is C27H33F3N4O4. The van der Waals surface area contributed by atoms with Crippen LogP contribution in [-0.2, 0) is 15.7 Å². The minimum atomic E-state index is -4.82. The van der Waals surface area contributed by atoms with E-state index in [-0.39, 0.29) is 23.7 Å². The molecule has 4 rings (SSSR count). The van der Waals surface area contributed by atoms with Crippen molar-refractivity contribution in [2.75, 3.05) is 36.4 Å². The Labute approximate surface area is 219 Å². The Hall–Kier alpha value is -3.34. The average Bonchev–Trinajstić information content (AvgIpc) is 2.89. The van der Waals surface area contributed by atoms with E-state index in [1.165, 1.54) is 11.6 Å². The Kier molecular flexibility index (Phi) is 8.44. The van der Waals surface area contributed by atoms with Gasteiger partial charge in [-0.05, 0) is 63.8 Å². The number of aryl methyl sites for hydroxylation is 1. The lowest BCUT2D eigenvalue weighted by molar-refractivity contribution is -0.388. The number of piperazine rings is 1. The third-order valence-electron chi connectivity index (χ3n) is 7.28. The lowest BCUT2D eigenvalue weighted by Gasteiger charge is -2.38. The highest BCUT2D eigenvalue weighted by atomic mass is 19.4. The molecular weight excluding hydrogens is 501 g/mol. The first-order valence-corrected chi connectivity index (χ1v) is 12.9. The summed E-state index contributed by atoms with van der Waals surface area (Å²) in [6.07, 6.45) is -2.87. The van der Waals surface area contributed by atoms with Gasteiger partial charge in [0.05, 0.1) is 11.0 Å². The van der Waals surface area contributed by atoms with Gasteiger partial charge < -0.3 is 19.9 Å². The van der Waals surface area contributed by atoms with Gasteiger partial charge >= 0.3 is 6.18 Å².